The lowest BCUT2D eigenvalue weighted by Gasteiger charge is -2.15. The molecular formula is C14H23NO. The van der Waals surface area contributed by atoms with Crippen molar-refractivity contribution in [1.29, 1.82) is 0 Å². The first kappa shape index (κ1) is 13.0. The number of methoxy groups -OCH3 is 1. The lowest BCUT2D eigenvalue weighted by Crippen LogP contribution is -2.12. The SMILES string of the molecule is CCCCCC(CN)c1ccc(OC)cc1. The first-order chi connectivity index (χ1) is 7.81. The van der Waals surface area contributed by atoms with Crippen molar-refractivity contribution in [1.82, 2.24) is 0 Å². The Morgan fingerprint density at radius 1 is 1.19 bits per heavy atom. The van der Waals surface area contributed by atoms with Crippen LogP contribution >= 0.6 is 0 Å². The normalized spacial score (nSPS) is 12.4. The predicted octanol–water partition coefficient (Wildman–Crippen LogP) is 3.32. The van der Waals surface area contributed by atoms with E-state index in [1.165, 1.54) is 31.2 Å². The fraction of sp³-hybridized carbons (Fsp3) is 0.571. The molecule has 0 spiro atoms. The van der Waals surface area contributed by atoms with Crippen LogP contribution in [0.4, 0.5) is 0 Å². The fourth-order valence-electron chi connectivity index (χ4n) is 1.94. The van der Waals surface area contributed by atoms with Crippen LogP contribution in [0.15, 0.2) is 24.3 Å². The molecule has 2 heteroatoms. The van der Waals surface area contributed by atoms with Gasteiger partial charge in [-0.3, -0.25) is 0 Å². The van der Waals surface area contributed by atoms with Crippen molar-refractivity contribution in [3.05, 3.63) is 29.8 Å². The number of hydrogen-bond acceptors (Lipinski definition) is 2. The molecule has 0 amide bonds. The van der Waals surface area contributed by atoms with Gasteiger partial charge in [-0.05, 0) is 36.6 Å². The molecule has 90 valence electrons. The van der Waals surface area contributed by atoms with Crippen molar-refractivity contribution in [3.63, 3.8) is 0 Å². The Bertz CT molecular complexity index is 281. The average Bonchev–Trinajstić information content (AvgIpc) is 2.35. The highest BCUT2D eigenvalue weighted by atomic mass is 16.5. The van der Waals surface area contributed by atoms with Crippen LogP contribution < -0.4 is 10.5 Å². The third-order valence-electron chi connectivity index (χ3n) is 3.03. The maximum Gasteiger partial charge on any atom is 0.118 e. The molecule has 0 aliphatic heterocycles. The summed E-state index contributed by atoms with van der Waals surface area (Å²) in [4.78, 5) is 0. The van der Waals surface area contributed by atoms with Crippen molar-refractivity contribution in [2.24, 2.45) is 5.73 Å². The summed E-state index contributed by atoms with van der Waals surface area (Å²) in [5, 5.41) is 0. The van der Waals surface area contributed by atoms with Crippen LogP contribution in [0.1, 0.15) is 44.1 Å². The second-order valence-corrected chi connectivity index (χ2v) is 4.20. The van der Waals surface area contributed by atoms with Crippen LogP contribution in [-0.2, 0) is 0 Å². The number of unbranched alkanes of at least 4 members (excludes halogenated alkanes) is 2. The molecule has 0 aliphatic carbocycles. The van der Waals surface area contributed by atoms with Crippen molar-refractivity contribution in [2.75, 3.05) is 13.7 Å². The number of nitrogens with two attached hydrogens (primary N) is 1. The molecular weight excluding hydrogens is 198 g/mol. The highest BCUT2D eigenvalue weighted by molar-refractivity contribution is 5.29. The van der Waals surface area contributed by atoms with E-state index in [1.54, 1.807) is 7.11 Å². The Kier molecular flexibility index (Phi) is 5.94. The lowest BCUT2D eigenvalue weighted by molar-refractivity contribution is 0.414. The summed E-state index contributed by atoms with van der Waals surface area (Å²) in [5.74, 6) is 1.41. The van der Waals surface area contributed by atoms with Crippen molar-refractivity contribution < 1.29 is 4.74 Å². The molecule has 0 radical (unpaired) electrons. The molecule has 0 bridgehead atoms. The van der Waals surface area contributed by atoms with Crippen molar-refractivity contribution in [3.8, 4) is 5.75 Å². The zero-order chi connectivity index (χ0) is 11.8. The van der Waals surface area contributed by atoms with Crippen molar-refractivity contribution >= 4 is 0 Å². The van der Waals surface area contributed by atoms with E-state index in [0.29, 0.717) is 5.92 Å². The Hall–Kier alpha value is -1.02. The molecule has 0 saturated heterocycles. The molecule has 0 saturated carbocycles. The van der Waals surface area contributed by atoms with E-state index >= 15 is 0 Å². The van der Waals surface area contributed by atoms with Crippen LogP contribution in [0.3, 0.4) is 0 Å². The van der Waals surface area contributed by atoms with Gasteiger partial charge in [-0.1, -0.05) is 38.3 Å². The van der Waals surface area contributed by atoms with Crippen LogP contribution in [-0.4, -0.2) is 13.7 Å². The highest BCUT2D eigenvalue weighted by Gasteiger charge is 2.08. The summed E-state index contributed by atoms with van der Waals surface area (Å²) in [6.07, 6.45) is 5.02. The van der Waals surface area contributed by atoms with Gasteiger partial charge in [0.25, 0.3) is 0 Å². The number of ether oxygens (including phenoxy) is 1. The molecule has 0 aliphatic rings. The quantitative estimate of drug-likeness (QED) is 0.717. The van der Waals surface area contributed by atoms with E-state index in [1.807, 2.05) is 12.1 Å². The summed E-state index contributed by atoms with van der Waals surface area (Å²) in [7, 11) is 1.69. The number of rotatable bonds is 7. The minimum absolute atomic E-state index is 0.498. The molecule has 0 aromatic heterocycles. The van der Waals surface area contributed by atoms with Gasteiger partial charge in [0, 0.05) is 0 Å². The average molecular weight is 221 g/mol. The molecule has 2 nitrogen and oxygen atoms in total. The molecule has 1 rings (SSSR count). The molecule has 1 aromatic rings. The zero-order valence-corrected chi connectivity index (χ0v) is 10.4. The number of hydrogen-bond donors (Lipinski definition) is 1. The summed E-state index contributed by atoms with van der Waals surface area (Å²) in [5.41, 5.74) is 7.16. The van der Waals surface area contributed by atoms with Gasteiger partial charge in [0.05, 0.1) is 7.11 Å². The summed E-state index contributed by atoms with van der Waals surface area (Å²) >= 11 is 0. The van der Waals surface area contributed by atoms with Gasteiger partial charge >= 0.3 is 0 Å². The predicted molar refractivity (Wildman–Crippen MR) is 68.9 cm³/mol. The maximum absolute atomic E-state index is 5.83. The third-order valence-corrected chi connectivity index (χ3v) is 3.03. The third kappa shape index (κ3) is 3.86. The van der Waals surface area contributed by atoms with E-state index in [2.05, 4.69) is 19.1 Å². The fourth-order valence-corrected chi connectivity index (χ4v) is 1.94. The second-order valence-electron chi connectivity index (χ2n) is 4.20. The zero-order valence-electron chi connectivity index (χ0n) is 10.4. The first-order valence-electron chi connectivity index (χ1n) is 6.15. The molecule has 0 fully saturated rings. The van der Waals surface area contributed by atoms with Gasteiger partial charge in [0.15, 0.2) is 0 Å². The van der Waals surface area contributed by atoms with E-state index in [-0.39, 0.29) is 0 Å². The second kappa shape index (κ2) is 7.29. The summed E-state index contributed by atoms with van der Waals surface area (Å²) < 4.78 is 5.15. The van der Waals surface area contributed by atoms with Crippen LogP contribution in [0.2, 0.25) is 0 Å². The van der Waals surface area contributed by atoms with Gasteiger partial charge in [-0.15, -0.1) is 0 Å². The molecule has 0 heterocycles. The first-order valence-corrected chi connectivity index (χ1v) is 6.15. The molecule has 16 heavy (non-hydrogen) atoms. The number of benzene rings is 1. The van der Waals surface area contributed by atoms with Crippen LogP contribution in [0, 0.1) is 0 Å². The Labute approximate surface area is 98.8 Å². The van der Waals surface area contributed by atoms with Crippen molar-refractivity contribution in [2.45, 2.75) is 38.5 Å². The topological polar surface area (TPSA) is 35.2 Å². The van der Waals surface area contributed by atoms with Crippen LogP contribution in [0.25, 0.3) is 0 Å². The Morgan fingerprint density at radius 3 is 2.38 bits per heavy atom. The van der Waals surface area contributed by atoms with Gasteiger partial charge in [0.2, 0.25) is 0 Å². The standard InChI is InChI=1S/C14H23NO/c1-3-4-5-6-13(11-15)12-7-9-14(16-2)10-8-12/h7-10,13H,3-6,11,15H2,1-2H3. The van der Waals surface area contributed by atoms with E-state index in [0.717, 1.165) is 12.3 Å². The van der Waals surface area contributed by atoms with E-state index in [9.17, 15) is 0 Å². The van der Waals surface area contributed by atoms with Gasteiger partial charge < -0.3 is 10.5 Å². The van der Waals surface area contributed by atoms with Crippen LogP contribution in [0.5, 0.6) is 5.75 Å². The van der Waals surface area contributed by atoms with E-state index < -0.39 is 0 Å². The Morgan fingerprint density at radius 2 is 1.88 bits per heavy atom. The minimum Gasteiger partial charge on any atom is -0.497 e. The largest absolute Gasteiger partial charge is 0.497 e. The van der Waals surface area contributed by atoms with Gasteiger partial charge in [-0.2, -0.15) is 0 Å². The van der Waals surface area contributed by atoms with Gasteiger partial charge in [0.1, 0.15) is 5.75 Å². The summed E-state index contributed by atoms with van der Waals surface area (Å²) in [6, 6.07) is 8.28. The van der Waals surface area contributed by atoms with Gasteiger partial charge in [-0.25, -0.2) is 0 Å². The Balaban J connectivity index is 2.56. The summed E-state index contributed by atoms with van der Waals surface area (Å²) in [6.45, 7) is 2.96. The molecule has 1 aromatic carbocycles. The molecule has 2 N–H and O–H groups in total. The minimum atomic E-state index is 0.498. The smallest absolute Gasteiger partial charge is 0.118 e. The monoisotopic (exact) mass is 221 g/mol. The molecule has 1 unspecified atom stereocenters. The maximum atomic E-state index is 5.83. The lowest BCUT2D eigenvalue weighted by atomic mass is 9.93. The molecule has 1 atom stereocenters. The highest BCUT2D eigenvalue weighted by Crippen LogP contribution is 2.23. The van der Waals surface area contributed by atoms with E-state index in [4.69, 9.17) is 10.5 Å².